The van der Waals surface area contributed by atoms with Crippen LogP contribution in [0.3, 0.4) is 0 Å². The molecule has 2 aromatic carbocycles. The topological polar surface area (TPSA) is 45.2 Å². The van der Waals surface area contributed by atoms with Gasteiger partial charge in [-0.2, -0.15) is 0 Å². The van der Waals surface area contributed by atoms with Gasteiger partial charge in [-0.25, -0.2) is 4.98 Å². The number of benzene rings is 2. The van der Waals surface area contributed by atoms with Gasteiger partial charge in [0.05, 0.1) is 15.2 Å². The summed E-state index contributed by atoms with van der Waals surface area (Å²) in [5, 5.41) is 6.50. The molecule has 8 heteroatoms. The quantitative estimate of drug-likeness (QED) is 0.272. The molecule has 1 aliphatic heterocycles. The highest BCUT2D eigenvalue weighted by Gasteiger charge is 2.28. The van der Waals surface area contributed by atoms with Crippen molar-refractivity contribution in [2.75, 3.05) is 18.4 Å². The molecule has 5 aromatic rings. The van der Waals surface area contributed by atoms with Crippen molar-refractivity contribution in [3.8, 4) is 10.6 Å². The van der Waals surface area contributed by atoms with Crippen LogP contribution in [0, 0.1) is 0 Å². The van der Waals surface area contributed by atoms with E-state index < -0.39 is 0 Å². The van der Waals surface area contributed by atoms with Crippen LogP contribution < -0.4 is 5.32 Å². The Labute approximate surface area is 208 Å². The number of likely N-dealkylation sites (N-methyl/N-ethyl adjacent to an activating group) is 1. The summed E-state index contributed by atoms with van der Waals surface area (Å²) in [7, 11) is 0. The van der Waals surface area contributed by atoms with Crippen LogP contribution in [0.1, 0.15) is 27.0 Å². The second-order valence-corrected chi connectivity index (χ2v) is 11.6. The number of carbonyl (C=O) groups excluding carboxylic acids is 1. The molecule has 1 amide bonds. The van der Waals surface area contributed by atoms with Crippen LogP contribution in [0.5, 0.6) is 0 Å². The Bertz CT molecular complexity index is 1480. The van der Waals surface area contributed by atoms with Crippen LogP contribution in [0.25, 0.3) is 30.9 Å². The molecule has 0 fully saturated rings. The highest BCUT2D eigenvalue weighted by atomic mass is 35.5. The van der Waals surface area contributed by atoms with Crippen LogP contribution in [0.15, 0.2) is 48.5 Å². The van der Waals surface area contributed by atoms with E-state index in [2.05, 4.69) is 23.2 Å². The molecule has 6 rings (SSSR count). The number of halogens is 1. The normalized spacial score (nSPS) is 14.1. The van der Waals surface area contributed by atoms with Gasteiger partial charge in [-0.15, -0.1) is 34.0 Å². The minimum Gasteiger partial charge on any atom is -0.312 e. The Balaban J connectivity index is 1.44. The van der Waals surface area contributed by atoms with Crippen LogP contribution in [-0.2, 0) is 13.0 Å². The molecule has 4 heterocycles. The monoisotopic (exact) mass is 509 g/mol. The van der Waals surface area contributed by atoms with Crippen LogP contribution >= 0.6 is 45.6 Å². The summed E-state index contributed by atoms with van der Waals surface area (Å²) >= 11 is 11.4. The van der Waals surface area contributed by atoms with Gasteiger partial charge >= 0.3 is 0 Å². The van der Waals surface area contributed by atoms with Gasteiger partial charge in [0.15, 0.2) is 0 Å². The second-order valence-electron chi connectivity index (χ2n) is 8.01. The van der Waals surface area contributed by atoms with E-state index in [1.165, 1.54) is 21.8 Å². The van der Waals surface area contributed by atoms with Crippen molar-refractivity contribution < 1.29 is 4.79 Å². The van der Waals surface area contributed by atoms with E-state index in [1.54, 1.807) is 22.7 Å². The number of nitrogens with one attached hydrogen (secondary N) is 1. The lowest BCUT2D eigenvalue weighted by molar-refractivity contribution is 0.103. The summed E-state index contributed by atoms with van der Waals surface area (Å²) in [6.07, 6.45) is 0.963. The number of para-hydroxylation sites is 1. The summed E-state index contributed by atoms with van der Waals surface area (Å²) in [6, 6.07) is 16.1. The minimum atomic E-state index is -0.158. The van der Waals surface area contributed by atoms with Gasteiger partial charge in [0.2, 0.25) is 0 Å². The predicted molar refractivity (Wildman–Crippen MR) is 142 cm³/mol. The first-order chi connectivity index (χ1) is 16.1. The molecule has 0 atom stereocenters. The molecule has 0 saturated heterocycles. The van der Waals surface area contributed by atoms with E-state index in [4.69, 9.17) is 16.6 Å². The summed E-state index contributed by atoms with van der Waals surface area (Å²) < 4.78 is 2.17. The maximum Gasteiger partial charge on any atom is 0.267 e. The average Bonchev–Trinajstić information content (AvgIpc) is 3.51. The largest absolute Gasteiger partial charge is 0.312 e. The van der Waals surface area contributed by atoms with Crippen LogP contribution in [0.4, 0.5) is 5.00 Å². The van der Waals surface area contributed by atoms with Crippen molar-refractivity contribution in [1.82, 2.24) is 9.88 Å². The number of thiophene rings is 2. The Morgan fingerprint density at radius 3 is 2.67 bits per heavy atom. The molecule has 4 nitrogen and oxygen atoms in total. The lowest BCUT2D eigenvalue weighted by Gasteiger charge is -2.25. The van der Waals surface area contributed by atoms with Crippen LogP contribution in [0.2, 0.25) is 5.02 Å². The first-order valence-corrected chi connectivity index (χ1v) is 13.7. The molecule has 33 heavy (non-hydrogen) atoms. The van der Waals surface area contributed by atoms with Gasteiger partial charge in [0.25, 0.3) is 5.91 Å². The Morgan fingerprint density at radius 2 is 1.88 bits per heavy atom. The number of anilines is 1. The molecular formula is C25H20ClN3OS3. The molecule has 0 saturated carbocycles. The Hall–Kier alpha value is -2.29. The fraction of sp³-hybridized carbons (Fsp3) is 0.200. The third-order valence-electron chi connectivity index (χ3n) is 6.06. The predicted octanol–water partition coefficient (Wildman–Crippen LogP) is 7.52. The molecule has 1 N–H and O–H groups in total. The van der Waals surface area contributed by atoms with Gasteiger partial charge in [-0.05, 0) is 36.7 Å². The third-order valence-corrected chi connectivity index (χ3v) is 9.92. The number of fused-ring (bicyclic) bond motifs is 3. The fourth-order valence-electron chi connectivity index (χ4n) is 4.34. The van der Waals surface area contributed by atoms with Crippen molar-refractivity contribution in [1.29, 1.82) is 0 Å². The van der Waals surface area contributed by atoms with Crippen molar-refractivity contribution in [3.63, 3.8) is 0 Å². The highest BCUT2D eigenvalue weighted by Crippen LogP contribution is 2.46. The number of rotatable bonds is 4. The van der Waals surface area contributed by atoms with Crippen molar-refractivity contribution >= 4 is 76.8 Å². The van der Waals surface area contributed by atoms with Gasteiger partial charge in [-0.3, -0.25) is 9.69 Å². The van der Waals surface area contributed by atoms with Crippen LogP contribution in [-0.4, -0.2) is 28.9 Å². The molecule has 3 aromatic heterocycles. The summed E-state index contributed by atoms with van der Waals surface area (Å²) in [5.74, 6) is -0.158. The molecular weight excluding hydrogens is 490 g/mol. The molecule has 0 unspecified atom stereocenters. The number of thiazole rings is 1. The Kier molecular flexibility index (Phi) is 5.47. The van der Waals surface area contributed by atoms with E-state index in [9.17, 15) is 4.79 Å². The first kappa shape index (κ1) is 21.3. The third kappa shape index (κ3) is 3.68. The van der Waals surface area contributed by atoms with Gasteiger partial charge < -0.3 is 5.32 Å². The summed E-state index contributed by atoms with van der Waals surface area (Å²) in [5.41, 5.74) is 3.40. The smallest absolute Gasteiger partial charge is 0.267 e. The summed E-state index contributed by atoms with van der Waals surface area (Å²) in [6.45, 7) is 5.15. The number of nitrogens with zero attached hydrogens (tertiary/aromatic N) is 2. The zero-order valence-electron chi connectivity index (χ0n) is 17.9. The van der Waals surface area contributed by atoms with E-state index in [1.807, 2.05) is 42.5 Å². The van der Waals surface area contributed by atoms with Gasteiger partial charge in [0.1, 0.15) is 14.9 Å². The fourth-order valence-corrected chi connectivity index (χ4v) is 8.15. The van der Waals surface area contributed by atoms with Crippen molar-refractivity contribution in [2.45, 2.75) is 19.9 Å². The first-order valence-electron chi connectivity index (χ1n) is 10.8. The Morgan fingerprint density at radius 1 is 1.09 bits per heavy atom. The van der Waals surface area contributed by atoms with Gasteiger partial charge in [0, 0.05) is 33.6 Å². The standard InChI is InChI=1S/C25H20ClN3OS3/c1-2-29-12-11-14-19(13-29)33-25(20(14)24-27-16-8-4-6-10-18(16)32-24)28-23(30)22-21(26)15-7-3-5-9-17(15)31-22/h3-10H,2,11-13H2,1H3,(H,28,30). The maximum atomic E-state index is 13.4. The molecule has 0 spiro atoms. The molecule has 0 aliphatic carbocycles. The number of aromatic nitrogens is 1. The van der Waals surface area contributed by atoms with Crippen molar-refractivity contribution in [2.24, 2.45) is 0 Å². The molecule has 0 radical (unpaired) electrons. The molecule has 166 valence electrons. The number of carbonyl (C=O) groups is 1. The number of hydrogen-bond acceptors (Lipinski definition) is 6. The highest BCUT2D eigenvalue weighted by molar-refractivity contribution is 7.23. The minimum absolute atomic E-state index is 0.158. The second kappa shape index (κ2) is 8.49. The lowest BCUT2D eigenvalue weighted by atomic mass is 10.0. The zero-order chi connectivity index (χ0) is 22.5. The van der Waals surface area contributed by atoms with Crippen molar-refractivity contribution in [3.05, 3.63) is 68.9 Å². The number of hydrogen-bond donors (Lipinski definition) is 1. The van der Waals surface area contributed by atoms with E-state index in [0.29, 0.717) is 9.90 Å². The summed E-state index contributed by atoms with van der Waals surface area (Å²) in [4.78, 5) is 22.6. The van der Waals surface area contributed by atoms with E-state index in [0.717, 1.165) is 61.9 Å². The zero-order valence-corrected chi connectivity index (χ0v) is 21.1. The van der Waals surface area contributed by atoms with E-state index >= 15 is 0 Å². The lowest BCUT2D eigenvalue weighted by Crippen LogP contribution is -2.29. The van der Waals surface area contributed by atoms with E-state index in [-0.39, 0.29) is 5.91 Å². The average molecular weight is 510 g/mol. The SMILES string of the molecule is CCN1CCc2c(sc(NC(=O)c3sc4ccccc4c3Cl)c2-c2nc3ccccc3s2)C1. The molecule has 0 bridgehead atoms. The molecule has 1 aliphatic rings. The maximum absolute atomic E-state index is 13.4. The number of amides is 1. The van der Waals surface area contributed by atoms with Gasteiger partial charge in [-0.1, -0.05) is 48.9 Å².